The van der Waals surface area contributed by atoms with Crippen LogP contribution in [0.3, 0.4) is 0 Å². The number of aryl methyl sites for hydroxylation is 1. The van der Waals surface area contributed by atoms with Crippen molar-refractivity contribution in [1.82, 2.24) is 9.78 Å². The molecule has 0 bridgehead atoms. The summed E-state index contributed by atoms with van der Waals surface area (Å²) in [7, 11) is 0. The molecule has 16 heavy (non-hydrogen) atoms. The lowest BCUT2D eigenvalue weighted by Gasteiger charge is -2.09. The van der Waals surface area contributed by atoms with Gasteiger partial charge in [-0.2, -0.15) is 18.3 Å². The Morgan fingerprint density at radius 2 is 2.19 bits per heavy atom. The maximum Gasteiger partial charge on any atom is 0.433 e. The van der Waals surface area contributed by atoms with Gasteiger partial charge in [-0.15, -0.1) is 0 Å². The van der Waals surface area contributed by atoms with Crippen molar-refractivity contribution in [3.63, 3.8) is 0 Å². The van der Waals surface area contributed by atoms with Gasteiger partial charge in [-0.25, -0.2) is 4.68 Å². The molecule has 1 rings (SSSR count). The van der Waals surface area contributed by atoms with Crippen molar-refractivity contribution in [2.45, 2.75) is 26.6 Å². The standard InChI is InChI=1S/C9H11F3N2O2/c1-3-16-8(15)5-14-7(9(10,11)12)4-6(2)13-14/h4H,3,5H2,1-2H3. The van der Waals surface area contributed by atoms with Gasteiger partial charge in [0.15, 0.2) is 0 Å². The highest BCUT2D eigenvalue weighted by Gasteiger charge is 2.35. The van der Waals surface area contributed by atoms with Crippen molar-refractivity contribution >= 4 is 5.97 Å². The maximum atomic E-state index is 12.5. The smallest absolute Gasteiger partial charge is 0.433 e. The van der Waals surface area contributed by atoms with E-state index in [-0.39, 0.29) is 12.3 Å². The topological polar surface area (TPSA) is 44.1 Å². The van der Waals surface area contributed by atoms with Gasteiger partial charge >= 0.3 is 12.1 Å². The summed E-state index contributed by atoms with van der Waals surface area (Å²) in [5.74, 6) is -0.740. The second-order valence-corrected chi connectivity index (χ2v) is 3.13. The predicted octanol–water partition coefficient (Wildman–Crippen LogP) is 1.77. The number of halogens is 3. The molecule has 0 fully saturated rings. The van der Waals surface area contributed by atoms with Crippen LogP contribution in [-0.2, 0) is 22.3 Å². The lowest BCUT2D eigenvalue weighted by atomic mass is 10.3. The zero-order chi connectivity index (χ0) is 12.3. The second-order valence-electron chi connectivity index (χ2n) is 3.13. The monoisotopic (exact) mass is 236 g/mol. The van der Waals surface area contributed by atoms with Gasteiger partial charge in [0.05, 0.1) is 12.3 Å². The minimum Gasteiger partial charge on any atom is -0.465 e. The number of carbonyl (C=O) groups excluding carboxylic acids is 1. The molecule has 90 valence electrons. The Labute approximate surface area is 90.0 Å². The van der Waals surface area contributed by atoms with Crippen LogP contribution in [0, 0.1) is 6.92 Å². The molecule has 0 aromatic carbocycles. The van der Waals surface area contributed by atoms with Gasteiger partial charge in [-0.1, -0.05) is 0 Å². The van der Waals surface area contributed by atoms with Crippen LogP contribution in [0.25, 0.3) is 0 Å². The number of esters is 1. The molecule has 0 aliphatic heterocycles. The van der Waals surface area contributed by atoms with Crippen molar-refractivity contribution in [3.05, 3.63) is 17.5 Å². The van der Waals surface area contributed by atoms with E-state index in [4.69, 9.17) is 0 Å². The zero-order valence-corrected chi connectivity index (χ0v) is 8.84. The Morgan fingerprint density at radius 1 is 1.56 bits per heavy atom. The number of rotatable bonds is 3. The molecular weight excluding hydrogens is 225 g/mol. The van der Waals surface area contributed by atoms with Crippen LogP contribution in [0.4, 0.5) is 13.2 Å². The second kappa shape index (κ2) is 4.54. The summed E-state index contributed by atoms with van der Waals surface area (Å²) in [5, 5.41) is 3.60. The number of hydrogen-bond donors (Lipinski definition) is 0. The average molecular weight is 236 g/mol. The van der Waals surface area contributed by atoms with E-state index < -0.39 is 24.4 Å². The number of aromatic nitrogens is 2. The third-order valence-corrected chi connectivity index (χ3v) is 1.78. The van der Waals surface area contributed by atoms with Gasteiger partial charge in [0, 0.05) is 0 Å². The van der Waals surface area contributed by atoms with E-state index in [0.29, 0.717) is 4.68 Å². The van der Waals surface area contributed by atoms with Gasteiger partial charge in [-0.3, -0.25) is 4.79 Å². The summed E-state index contributed by atoms with van der Waals surface area (Å²) in [6, 6.07) is 0.888. The third-order valence-electron chi connectivity index (χ3n) is 1.78. The molecule has 0 aliphatic rings. The fraction of sp³-hybridized carbons (Fsp3) is 0.556. The predicted molar refractivity (Wildman–Crippen MR) is 48.6 cm³/mol. The molecule has 1 heterocycles. The van der Waals surface area contributed by atoms with E-state index >= 15 is 0 Å². The van der Waals surface area contributed by atoms with Crippen LogP contribution in [0.5, 0.6) is 0 Å². The molecule has 4 nitrogen and oxygen atoms in total. The van der Waals surface area contributed by atoms with E-state index in [1.807, 2.05) is 0 Å². The highest BCUT2D eigenvalue weighted by molar-refractivity contribution is 5.69. The number of ether oxygens (including phenoxy) is 1. The van der Waals surface area contributed by atoms with Crippen molar-refractivity contribution in [3.8, 4) is 0 Å². The number of hydrogen-bond acceptors (Lipinski definition) is 3. The first kappa shape index (κ1) is 12.5. The lowest BCUT2D eigenvalue weighted by molar-refractivity contribution is -0.149. The molecule has 1 aromatic heterocycles. The molecule has 0 atom stereocenters. The van der Waals surface area contributed by atoms with Crippen molar-refractivity contribution in [1.29, 1.82) is 0 Å². The molecule has 0 amide bonds. The minimum absolute atomic E-state index is 0.125. The number of nitrogens with zero attached hydrogens (tertiary/aromatic N) is 2. The zero-order valence-electron chi connectivity index (χ0n) is 8.84. The van der Waals surface area contributed by atoms with Crippen LogP contribution < -0.4 is 0 Å². The van der Waals surface area contributed by atoms with Gasteiger partial charge in [0.25, 0.3) is 0 Å². The molecule has 7 heteroatoms. The highest BCUT2D eigenvalue weighted by atomic mass is 19.4. The SMILES string of the molecule is CCOC(=O)Cn1nc(C)cc1C(F)(F)F. The van der Waals surface area contributed by atoms with Gasteiger partial charge in [0.1, 0.15) is 12.2 Å². The van der Waals surface area contributed by atoms with E-state index in [2.05, 4.69) is 9.84 Å². The number of alkyl halides is 3. The first-order chi connectivity index (χ1) is 7.34. The summed E-state index contributed by atoms with van der Waals surface area (Å²) in [6.45, 7) is 2.60. The summed E-state index contributed by atoms with van der Waals surface area (Å²) < 4.78 is 42.6. The quantitative estimate of drug-likeness (QED) is 0.751. The van der Waals surface area contributed by atoms with E-state index in [1.54, 1.807) is 6.92 Å². The van der Waals surface area contributed by atoms with Crippen LogP contribution in [0.2, 0.25) is 0 Å². The van der Waals surface area contributed by atoms with E-state index in [9.17, 15) is 18.0 Å². The lowest BCUT2D eigenvalue weighted by Crippen LogP contribution is -2.20. The van der Waals surface area contributed by atoms with E-state index in [1.165, 1.54) is 6.92 Å². The molecule has 0 radical (unpaired) electrons. The third kappa shape index (κ3) is 2.98. The minimum atomic E-state index is -4.52. The Hall–Kier alpha value is -1.53. The highest BCUT2D eigenvalue weighted by Crippen LogP contribution is 2.29. The summed E-state index contributed by atoms with van der Waals surface area (Å²) in [6.07, 6.45) is -4.52. The Morgan fingerprint density at radius 3 is 2.69 bits per heavy atom. The first-order valence-electron chi connectivity index (χ1n) is 4.62. The van der Waals surface area contributed by atoms with Gasteiger partial charge in [0.2, 0.25) is 0 Å². The summed E-state index contributed by atoms with van der Waals surface area (Å²) in [5.41, 5.74) is -0.741. The van der Waals surface area contributed by atoms with E-state index in [0.717, 1.165) is 6.07 Å². The van der Waals surface area contributed by atoms with Crippen LogP contribution in [-0.4, -0.2) is 22.4 Å². The molecule has 0 aliphatic carbocycles. The molecule has 0 spiro atoms. The van der Waals surface area contributed by atoms with Crippen LogP contribution in [0.15, 0.2) is 6.07 Å². The summed E-state index contributed by atoms with van der Waals surface area (Å²) >= 11 is 0. The fourth-order valence-electron chi connectivity index (χ4n) is 1.22. The Bertz CT molecular complexity index is 385. The average Bonchev–Trinajstić information content (AvgIpc) is 2.46. The van der Waals surface area contributed by atoms with Crippen LogP contribution >= 0.6 is 0 Å². The van der Waals surface area contributed by atoms with Crippen LogP contribution in [0.1, 0.15) is 18.3 Å². The first-order valence-corrected chi connectivity index (χ1v) is 4.62. The van der Waals surface area contributed by atoms with Crippen molar-refractivity contribution < 1.29 is 22.7 Å². The molecule has 0 unspecified atom stereocenters. The van der Waals surface area contributed by atoms with Gasteiger partial charge in [-0.05, 0) is 19.9 Å². The van der Waals surface area contributed by atoms with Crippen molar-refractivity contribution in [2.24, 2.45) is 0 Å². The normalized spacial score (nSPS) is 11.6. The molecular formula is C9H11F3N2O2. The fourth-order valence-corrected chi connectivity index (χ4v) is 1.22. The molecule has 1 aromatic rings. The maximum absolute atomic E-state index is 12.5. The Kier molecular flexibility index (Phi) is 3.56. The molecule has 0 saturated carbocycles. The largest absolute Gasteiger partial charge is 0.465 e. The number of carbonyl (C=O) groups is 1. The van der Waals surface area contributed by atoms with Gasteiger partial charge < -0.3 is 4.74 Å². The summed E-state index contributed by atoms with van der Waals surface area (Å²) in [4.78, 5) is 11.1. The molecule has 0 N–H and O–H groups in total. The molecule has 0 saturated heterocycles. The Balaban J connectivity index is 2.91. The van der Waals surface area contributed by atoms with Crippen molar-refractivity contribution in [2.75, 3.05) is 6.61 Å².